The fraction of sp³-hybridized carbons (Fsp3) is 0.435. The minimum Gasteiger partial charge on any atom is -0.494 e. The van der Waals surface area contributed by atoms with Crippen LogP contribution in [0.3, 0.4) is 0 Å². The first-order valence-electron chi connectivity index (χ1n) is 10.6. The summed E-state index contributed by atoms with van der Waals surface area (Å²) in [5.74, 6) is 1.03. The molecule has 0 radical (unpaired) electrons. The van der Waals surface area contributed by atoms with Crippen LogP contribution in [0.15, 0.2) is 42.5 Å². The summed E-state index contributed by atoms with van der Waals surface area (Å²) in [6, 6.07) is 14.0. The van der Waals surface area contributed by atoms with Crippen LogP contribution in [-0.2, 0) is 4.79 Å². The second kappa shape index (κ2) is 9.25. The average molecular weight is 429 g/mol. The topological polar surface area (TPSA) is 56.8 Å². The lowest BCUT2D eigenvalue weighted by atomic mass is 10.0. The van der Waals surface area contributed by atoms with Gasteiger partial charge in [0.1, 0.15) is 11.8 Å². The molecule has 0 aromatic heterocycles. The van der Waals surface area contributed by atoms with Gasteiger partial charge in [-0.1, -0.05) is 29.8 Å². The summed E-state index contributed by atoms with van der Waals surface area (Å²) < 4.78 is 5.51. The summed E-state index contributed by atoms with van der Waals surface area (Å²) in [5.41, 5.74) is 10.00. The van der Waals surface area contributed by atoms with Crippen molar-refractivity contribution in [2.24, 2.45) is 0 Å². The monoisotopic (exact) mass is 428 g/mol. The first-order valence-corrected chi connectivity index (χ1v) is 11.0. The Bertz CT molecular complexity index is 881. The molecule has 4 rings (SSSR count). The maximum Gasteiger partial charge on any atom is 0.241 e. The number of nitrogens with zero attached hydrogens (tertiary/aromatic N) is 2. The molecule has 2 N–H and O–H groups in total. The smallest absolute Gasteiger partial charge is 0.241 e. The molecule has 0 saturated carbocycles. The van der Waals surface area contributed by atoms with Gasteiger partial charge in [0, 0.05) is 42.9 Å². The Morgan fingerprint density at radius 1 is 1.10 bits per heavy atom. The van der Waals surface area contributed by atoms with Crippen LogP contribution in [0.2, 0.25) is 5.02 Å². The Morgan fingerprint density at radius 2 is 1.83 bits per heavy atom. The van der Waals surface area contributed by atoms with Crippen LogP contribution in [0, 0.1) is 6.92 Å². The second-order valence-corrected chi connectivity index (χ2v) is 8.31. The fourth-order valence-corrected chi connectivity index (χ4v) is 4.38. The Kier molecular flexibility index (Phi) is 6.46. The average Bonchev–Trinajstić information content (AvgIpc) is 3.26. The highest BCUT2D eigenvalue weighted by Crippen LogP contribution is 2.27. The van der Waals surface area contributed by atoms with E-state index in [0.717, 1.165) is 54.6 Å². The van der Waals surface area contributed by atoms with Crippen LogP contribution in [0.25, 0.3) is 0 Å². The number of hydrazine groups is 1. The highest BCUT2D eigenvalue weighted by atomic mass is 35.5. The third-order valence-electron chi connectivity index (χ3n) is 5.90. The van der Waals surface area contributed by atoms with Crippen molar-refractivity contribution in [2.75, 3.05) is 37.7 Å². The van der Waals surface area contributed by atoms with Crippen LogP contribution in [0.1, 0.15) is 30.5 Å². The molecule has 6 nitrogen and oxygen atoms in total. The fourth-order valence-electron chi connectivity index (χ4n) is 4.21. The van der Waals surface area contributed by atoms with Crippen molar-refractivity contribution >= 4 is 23.2 Å². The molecule has 0 bridgehead atoms. The predicted octanol–water partition coefficient (Wildman–Crippen LogP) is 3.30. The Hall–Kier alpha value is -2.28. The third kappa shape index (κ3) is 4.56. The van der Waals surface area contributed by atoms with Crippen LogP contribution in [-0.4, -0.2) is 49.6 Å². The van der Waals surface area contributed by atoms with E-state index in [2.05, 4.69) is 34.8 Å². The number of ether oxygens (including phenoxy) is 1. The standard InChI is InChI=1S/C23H29ClN4O2/c1-3-30-19-8-5-17(6-9-19)20-15-21(26-25-20)23(29)28-12-10-27(11-13-28)22-14-18(24)7-4-16(22)2/h4-9,14,20-21,25-26H,3,10-13,15H2,1-2H3. The van der Waals surface area contributed by atoms with Crippen molar-refractivity contribution in [3.8, 4) is 5.75 Å². The molecule has 7 heteroatoms. The molecular weight excluding hydrogens is 400 g/mol. The van der Waals surface area contributed by atoms with Gasteiger partial charge in [-0.25, -0.2) is 10.9 Å². The summed E-state index contributed by atoms with van der Waals surface area (Å²) in [7, 11) is 0. The van der Waals surface area contributed by atoms with E-state index < -0.39 is 0 Å². The summed E-state index contributed by atoms with van der Waals surface area (Å²) in [6.45, 7) is 7.79. The molecule has 2 aromatic carbocycles. The number of piperazine rings is 1. The first-order chi connectivity index (χ1) is 14.5. The SMILES string of the molecule is CCOc1ccc(C2CC(C(=O)N3CCN(c4cc(Cl)ccc4C)CC3)NN2)cc1. The summed E-state index contributed by atoms with van der Waals surface area (Å²) in [5, 5.41) is 0.746. The molecule has 160 valence electrons. The maximum atomic E-state index is 13.0. The highest BCUT2D eigenvalue weighted by molar-refractivity contribution is 6.30. The lowest BCUT2D eigenvalue weighted by Gasteiger charge is -2.37. The minimum absolute atomic E-state index is 0.116. The molecule has 2 atom stereocenters. The molecule has 2 aliphatic heterocycles. The number of aryl methyl sites for hydroxylation is 1. The maximum absolute atomic E-state index is 13.0. The van der Waals surface area contributed by atoms with Gasteiger partial charge in [-0.2, -0.15) is 0 Å². The largest absolute Gasteiger partial charge is 0.494 e. The van der Waals surface area contributed by atoms with Crippen LogP contribution in [0.4, 0.5) is 5.69 Å². The molecule has 2 heterocycles. The molecule has 2 saturated heterocycles. The lowest BCUT2D eigenvalue weighted by Crippen LogP contribution is -2.53. The van der Waals surface area contributed by atoms with E-state index in [0.29, 0.717) is 6.61 Å². The Balaban J connectivity index is 1.32. The van der Waals surface area contributed by atoms with Gasteiger partial charge >= 0.3 is 0 Å². The molecule has 2 aliphatic rings. The van der Waals surface area contributed by atoms with Crippen molar-refractivity contribution in [1.82, 2.24) is 15.8 Å². The van der Waals surface area contributed by atoms with E-state index in [1.54, 1.807) is 0 Å². The summed E-state index contributed by atoms with van der Waals surface area (Å²) >= 11 is 6.18. The number of benzene rings is 2. The van der Waals surface area contributed by atoms with Crippen molar-refractivity contribution in [1.29, 1.82) is 0 Å². The Labute approximate surface area is 183 Å². The number of halogens is 1. The van der Waals surface area contributed by atoms with Gasteiger partial charge in [-0.15, -0.1) is 0 Å². The number of hydrogen-bond donors (Lipinski definition) is 2. The predicted molar refractivity (Wildman–Crippen MR) is 120 cm³/mol. The van der Waals surface area contributed by atoms with Crippen LogP contribution in [0.5, 0.6) is 5.75 Å². The molecule has 2 aromatic rings. The van der Waals surface area contributed by atoms with E-state index in [1.165, 1.54) is 5.56 Å². The van der Waals surface area contributed by atoms with Gasteiger partial charge in [0.05, 0.1) is 6.61 Å². The van der Waals surface area contributed by atoms with E-state index >= 15 is 0 Å². The number of carbonyl (C=O) groups excluding carboxylic acids is 1. The number of anilines is 1. The zero-order chi connectivity index (χ0) is 21.1. The van der Waals surface area contributed by atoms with E-state index in [-0.39, 0.29) is 18.0 Å². The van der Waals surface area contributed by atoms with Gasteiger partial charge in [0.25, 0.3) is 0 Å². The van der Waals surface area contributed by atoms with Gasteiger partial charge in [0.2, 0.25) is 5.91 Å². The number of rotatable bonds is 5. The Morgan fingerprint density at radius 3 is 2.53 bits per heavy atom. The molecule has 0 aliphatic carbocycles. The molecule has 2 fully saturated rings. The number of amides is 1. The number of nitrogens with one attached hydrogen (secondary N) is 2. The van der Waals surface area contributed by atoms with Crippen molar-refractivity contribution in [2.45, 2.75) is 32.4 Å². The normalized spacial score (nSPS) is 21.7. The number of carbonyl (C=O) groups is 1. The number of hydrogen-bond acceptors (Lipinski definition) is 5. The first kappa shape index (κ1) is 21.0. The van der Waals surface area contributed by atoms with E-state index in [9.17, 15) is 4.79 Å². The van der Waals surface area contributed by atoms with Crippen molar-refractivity contribution in [3.63, 3.8) is 0 Å². The zero-order valence-electron chi connectivity index (χ0n) is 17.5. The van der Waals surface area contributed by atoms with Gasteiger partial charge in [0.15, 0.2) is 0 Å². The minimum atomic E-state index is -0.207. The van der Waals surface area contributed by atoms with Crippen LogP contribution >= 0.6 is 11.6 Å². The summed E-state index contributed by atoms with van der Waals surface area (Å²) in [6.07, 6.45) is 0.737. The third-order valence-corrected chi connectivity index (χ3v) is 6.13. The zero-order valence-corrected chi connectivity index (χ0v) is 18.3. The van der Waals surface area contributed by atoms with Gasteiger partial charge < -0.3 is 14.5 Å². The van der Waals surface area contributed by atoms with E-state index in [1.807, 2.05) is 42.2 Å². The highest BCUT2D eigenvalue weighted by Gasteiger charge is 2.34. The molecule has 2 unspecified atom stereocenters. The molecule has 30 heavy (non-hydrogen) atoms. The molecular formula is C23H29ClN4O2. The van der Waals surface area contributed by atoms with Gasteiger partial charge in [-0.05, 0) is 55.7 Å². The van der Waals surface area contributed by atoms with Crippen molar-refractivity contribution in [3.05, 3.63) is 58.6 Å². The van der Waals surface area contributed by atoms with Gasteiger partial charge in [-0.3, -0.25) is 4.79 Å². The van der Waals surface area contributed by atoms with Crippen molar-refractivity contribution < 1.29 is 9.53 Å². The molecule has 0 spiro atoms. The molecule has 1 amide bonds. The van der Waals surface area contributed by atoms with E-state index in [4.69, 9.17) is 16.3 Å². The quantitative estimate of drug-likeness (QED) is 0.765. The second-order valence-electron chi connectivity index (χ2n) is 7.87. The van der Waals surface area contributed by atoms with Crippen LogP contribution < -0.4 is 20.5 Å². The summed E-state index contributed by atoms with van der Waals surface area (Å²) in [4.78, 5) is 17.3. The lowest BCUT2D eigenvalue weighted by molar-refractivity contribution is -0.133.